The van der Waals surface area contributed by atoms with Crippen LogP contribution in [0.2, 0.25) is 0 Å². The molecule has 1 atom stereocenters. The lowest BCUT2D eigenvalue weighted by Gasteiger charge is -2.26. The van der Waals surface area contributed by atoms with Crippen molar-refractivity contribution in [2.45, 2.75) is 20.3 Å². The van der Waals surface area contributed by atoms with Gasteiger partial charge in [0.15, 0.2) is 5.13 Å². The molecule has 1 aliphatic heterocycles. The van der Waals surface area contributed by atoms with Crippen LogP contribution in [0.15, 0.2) is 48.5 Å². The fourth-order valence-electron chi connectivity index (χ4n) is 4.17. The first-order valence-electron chi connectivity index (χ1n) is 11.4. The molecule has 2 heterocycles. The lowest BCUT2D eigenvalue weighted by atomic mass is 10.1. The van der Waals surface area contributed by atoms with Gasteiger partial charge in [-0.25, -0.2) is 4.98 Å². The molecule has 8 heteroatoms. The molecule has 7 nitrogen and oxygen atoms in total. The monoisotopic (exact) mass is 466 g/mol. The predicted octanol–water partition coefficient (Wildman–Crippen LogP) is 4.03. The van der Waals surface area contributed by atoms with E-state index in [1.54, 1.807) is 16.9 Å². The largest absolute Gasteiger partial charge is 0.497 e. The van der Waals surface area contributed by atoms with Crippen molar-refractivity contribution in [2.75, 3.05) is 49.6 Å². The van der Waals surface area contributed by atoms with Crippen LogP contribution in [0.25, 0.3) is 10.2 Å². The Labute approximate surface area is 198 Å². The fraction of sp³-hybridized carbons (Fsp3) is 0.400. The minimum Gasteiger partial charge on any atom is -0.497 e. The molecule has 2 aromatic carbocycles. The molecule has 1 aromatic heterocycles. The molecular formula is C25H30N4O3S. The maximum atomic E-state index is 13.7. The molecule has 1 unspecified atom stereocenters. The fourth-order valence-corrected chi connectivity index (χ4v) is 5.19. The van der Waals surface area contributed by atoms with Crippen LogP contribution in [0.1, 0.15) is 20.3 Å². The number of nitrogens with zero attached hydrogens (tertiary/aromatic N) is 4. The summed E-state index contributed by atoms with van der Waals surface area (Å²) in [7, 11) is 1.64. The van der Waals surface area contributed by atoms with Crippen molar-refractivity contribution >= 4 is 44.2 Å². The van der Waals surface area contributed by atoms with E-state index in [0.29, 0.717) is 18.2 Å². The van der Waals surface area contributed by atoms with E-state index in [0.717, 1.165) is 41.3 Å². The minimum atomic E-state index is -0.393. The Morgan fingerprint density at radius 3 is 2.61 bits per heavy atom. The smallest absolute Gasteiger partial charge is 0.234 e. The van der Waals surface area contributed by atoms with E-state index in [1.165, 1.54) is 11.3 Å². The molecule has 0 N–H and O–H groups in total. The molecule has 3 aromatic rings. The number of hydrogen-bond acceptors (Lipinski definition) is 6. The molecular weight excluding hydrogens is 436 g/mol. The van der Waals surface area contributed by atoms with Crippen molar-refractivity contribution in [2.24, 2.45) is 5.92 Å². The van der Waals surface area contributed by atoms with E-state index in [4.69, 9.17) is 9.72 Å². The zero-order chi connectivity index (χ0) is 23.4. The first-order chi connectivity index (χ1) is 16.0. The van der Waals surface area contributed by atoms with Gasteiger partial charge in [-0.3, -0.25) is 14.5 Å². The number of aromatic nitrogens is 1. The third-order valence-corrected chi connectivity index (χ3v) is 7.20. The average Bonchev–Trinajstić information content (AvgIpc) is 3.45. The van der Waals surface area contributed by atoms with Gasteiger partial charge in [-0.15, -0.1) is 0 Å². The standard InChI is InChI=1S/C25H30N4O3S/c1-4-27(5-2)13-14-28(25-26-21-12-11-20(32-3)16-22(21)33-25)24(31)18-15-23(30)29(17-18)19-9-7-6-8-10-19/h6-12,16,18H,4-5,13-15,17H2,1-3H3. The van der Waals surface area contributed by atoms with Crippen LogP contribution in [0.5, 0.6) is 5.75 Å². The van der Waals surface area contributed by atoms with Crippen molar-refractivity contribution in [1.29, 1.82) is 0 Å². The molecule has 0 spiro atoms. The number of carbonyl (C=O) groups excluding carboxylic acids is 2. The van der Waals surface area contributed by atoms with Crippen LogP contribution >= 0.6 is 11.3 Å². The lowest BCUT2D eigenvalue weighted by Crippen LogP contribution is -2.42. The molecule has 33 heavy (non-hydrogen) atoms. The molecule has 0 bridgehead atoms. The average molecular weight is 467 g/mol. The highest BCUT2D eigenvalue weighted by Gasteiger charge is 2.38. The van der Waals surface area contributed by atoms with Gasteiger partial charge < -0.3 is 14.5 Å². The predicted molar refractivity (Wildman–Crippen MR) is 133 cm³/mol. The van der Waals surface area contributed by atoms with Crippen LogP contribution in [-0.4, -0.2) is 61.5 Å². The van der Waals surface area contributed by atoms with Crippen molar-refractivity contribution in [3.63, 3.8) is 0 Å². The van der Waals surface area contributed by atoms with E-state index >= 15 is 0 Å². The normalized spacial score (nSPS) is 16.1. The molecule has 0 radical (unpaired) electrons. The van der Waals surface area contributed by atoms with Crippen LogP contribution in [0.3, 0.4) is 0 Å². The number of benzene rings is 2. The topological polar surface area (TPSA) is 66.0 Å². The zero-order valence-electron chi connectivity index (χ0n) is 19.4. The number of hydrogen-bond donors (Lipinski definition) is 0. The zero-order valence-corrected chi connectivity index (χ0v) is 20.2. The number of amides is 2. The molecule has 1 aliphatic rings. The number of fused-ring (bicyclic) bond motifs is 1. The first-order valence-corrected chi connectivity index (χ1v) is 12.2. The van der Waals surface area contributed by atoms with Crippen molar-refractivity contribution in [1.82, 2.24) is 9.88 Å². The van der Waals surface area contributed by atoms with Gasteiger partial charge in [-0.1, -0.05) is 43.4 Å². The van der Waals surface area contributed by atoms with E-state index < -0.39 is 5.92 Å². The first kappa shape index (κ1) is 23.2. The van der Waals surface area contributed by atoms with Gasteiger partial charge in [0.2, 0.25) is 11.8 Å². The number of para-hydroxylation sites is 1. The van der Waals surface area contributed by atoms with Gasteiger partial charge >= 0.3 is 0 Å². The van der Waals surface area contributed by atoms with Crippen molar-refractivity contribution < 1.29 is 14.3 Å². The molecule has 174 valence electrons. The van der Waals surface area contributed by atoms with Gasteiger partial charge in [-0.05, 0) is 43.4 Å². The Kier molecular flexibility index (Phi) is 7.25. The quantitative estimate of drug-likeness (QED) is 0.476. The number of thiazole rings is 1. The highest BCUT2D eigenvalue weighted by atomic mass is 32.1. The van der Waals surface area contributed by atoms with E-state index in [9.17, 15) is 9.59 Å². The minimum absolute atomic E-state index is 0.0164. The van der Waals surface area contributed by atoms with Crippen LogP contribution < -0.4 is 14.5 Å². The number of rotatable bonds is 9. The summed E-state index contributed by atoms with van der Waals surface area (Å²) < 4.78 is 6.31. The highest BCUT2D eigenvalue weighted by Crippen LogP contribution is 2.34. The van der Waals surface area contributed by atoms with Gasteiger partial charge in [0.25, 0.3) is 0 Å². The summed E-state index contributed by atoms with van der Waals surface area (Å²) in [5.41, 5.74) is 1.67. The maximum absolute atomic E-state index is 13.7. The molecule has 0 aliphatic carbocycles. The Balaban J connectivity index is 1.60. The molecule has 4 rings (SSSR count). The molecule has 0 saturated carbocycles. The summed E-state index contributed by atoms with van der Waals surface area (Å²) in [6, 6.07) is 15.3. The Morgan fingerprint density at radius 2 is 1.91 bits per heavy atom. The van der Waals surface area contributed by atoms with Crippen LogP contribution in [0.4, 0.5) is 10.8 Å². The van der Waals surface area contributed by atoms with Crippen LogP contribution in [-0.2, 0) is 9.59 Å². The number of anilines is 2. The molecule has 2 amide bonds. The van der Waals surface area contributed by atoms with E-state index in [-0.39, 0.29) is 18.2 Å². The van der Waals surface area contributed by atoms with Gasteiger partial charge in [0, 0.05) is 31.7 Å². The van der Waals surface area contributed by atoms with E-state index in [2.05, 4.69) is 18.7 Å². The highest BCUT2D eigenvalue weighted by molar-refractivity contribution is 7.22. The second-order valence-corrected chi connectivity index (χ2v) is 9.10. The maximum Gasteiger partial charge on any atom is 0.234 e. The second-order valence-electron chi connectivity index (χ2n) is 8.09. The number of methoxy groups -OCH3 is 1. The third-order valence-electron chi connectivity index (χ3n) is 6.16. The molecule has 1 fully saturated rings. The van der Waals surface area contributed by atoms with Crippen LogP contribution in [0, 0.1) is 5.92 Å². The second kappa shape index (κ2) is 10.3. The van der Waals surface area contributed by atoms with Gasteiger partial charge in [0.1, 0.15) is 5.75 Å². The third kappa shape index (κ3) is 5.02. The number of likely N-dealkylation sites (N-methyl/N-ethyl adjacent to an activating group) is 1. The summed E-state index contributed by atoms with van der Waals surface area (Å²) in [5, 5.41) is 0.668. The van der Waals surface area contributed by atoms with Crippen molar-refractivity contribution in [3.8, 4) is 5.75 Å². The number of ether oxygens (including phenoxy) is 1. The lowest BCUT2D eigenvalue weighted by molar-refractivity contribution is -0.124. The van der Waals surface area contributed by atoms with Gasteiger partial charge in [0.05, 0.1) is 23.2 Å². The SMILES string of the molecule is CCN(CC)CCN(C(=O)C1CC(=O)N(c2ccccc2)C1)c1nc2ccc(OC)cc2s1. The Morgan fingerprint density at radius 1 is 1.15 bits per heavy atom. The Hall–Kier alpha value is -2.97. The van der Waals surface area contributed by atoms with Crippen molar-refractivity contribution in [3.05, 3.63) is 48.5 Å². The summed E-state index contributed by atoms with van der Waals surface area (Å²) in [6.45, 7) is 7.75. The summed E-state index contributed by atoms with van der Waals surface area (Å²) >= 11 is 1.48. The number of carbonyl (C=O) groups is 2. The summed E-state index contributed by atoms with van der Waals surface area (Å²) in [6.07, 6.45) is 0.216. The van der Waals surface area contributed by atoms with Gasteiger partial charge in [-0.2, -0.15) is 0 Å². The molecule has 1 saturated heterocycles. The van der Waals surface area contributed by atoms with E-state index in [1.807, 2.05) is 48.5 Å². The summed E-state index contributed by atoms with van der Waals surface area (Å²) in [5.74, 6) is 0.312. The Bertz CT molecular complexity index is 1110. The summed E-state index contributed by atoms with van der Waals surface area (Å²) in [4.78, 5) is 37.0.